The van der Waals surface area contributed by atoms with E-state index < -0.39 is 21.7 Å². The van der Waals surface area contributed by atoms with Crippen molar-refractivity contribution in [3.8, 4) is 0 Å². The van der Waals surface area contributed by atoms with Gasteiger partial charge in [0.25, 0.3) is 23.2 Å². The molecule has 0 spiro atoms. The standard InChI is InChI=1S/C16H12N4O6/c21-15(10-7-11-3-1-2-4-14(11)20(25)26)17-18-16(22)12-5-8-13(9-6-12)19(23)24/h1-10H,(H,17,21)(H,18,22). The first-order valence-electron chi connectivity index (χ1n) is 7.15. The second-order valence-electron chi connectivity index (χ2n) is 4.90. The molecule has 0 aliphatic rings. The average Bonchev–Trinajstić information content (AvgIpc) is 2.64. The fourth-order valence-corrected chi connectivity index (χ4v) is 1.93. The first-order chi connectivity index (χ1) is 12.4. The Bertz CT molecular complexity index is 892. The van der Waals surface area contributed by atoms with E-state index in [1.54, 1.807) is 6.07 Å². The average molecular weight is 356 g/mol. The van der Waals surface area contributed by atoms with Gasteiger partial charge >= 0.3 is 0 Å². The molecule has 2 aromatic rings. The highest BCUT2D eigenvalue weighted by atomic mass is 16.6. The molecular weight excluding hydrogens is 344 g/mol. The van der Waals surface area contributed by atoms with Gasteiger partial charge in [0.05, 0.1) is 15.4 Å². The lowest BCUT2D eigenvalue weighted by atomic mass is 10.1. The van der Waals surface area contributed by atoms with E-state index in [4.69, 9.17) is 0 Å². The zero-order valence-electron chi connectivity index (χ0n) is 13.1. The van der Waals surface area contributed by atoms with E-state index in [0.29, 0.717) is 0 Å². The molecule has 0 saturated heterocycles. The molecule has 0 atom stereocenters. The maximum absolute atomic E-state index is 11.8. The number of carbonyl (C=O) groups is 2. The summed E-state index contributed by atoms with van der Waals surface area (Å²) in [5.74, 6) is -1.38. The van der Waals surface area contributed by atoms with Crippen LogP contribution in [0.25, 0.3) is 6.08 Å². The van der Waals surface area contributed by atoms with E-state index in [0.717, 1.165) is 18.2 Å². The Labute approximate surface area is 146 Å². The third-order valence-corrected chi connectivity index (χ3v) is 3.19. The molecule has 0 aliphatic heterocycles. The quantitative estimate of drug-likeness (QED) is 0.476. The molecule has 0 radical (unpaired) electrons. The van der Waals surface area contributed by atoms with Crippen molar-refractivity contribution in [2.75, 3.05) is 0 Å². The number of rotatable bonds is 5. The normalized spacial score (nSPS) is 10.3. The molecule has 0 heterocycles. The fraction of sp³-hybridized carbons (Fsp3) is 0. The van der Waals surface area contributed by atoms with Crippen LogP contribution in [0, 0.1) is 20.2 Å². The predicted molar refractivity (Wildman–Crippen MR) is 90.8 cm³/mol. The number of non-ortho nitro benzene ring substituents is 1. The van der Waals surface area contributed by atoms with Gasteiger partial charge in [-0.05, 0) is 24.3 Å². The van der Waals surface area contributed by atoms with Gasteiger partial charge in [0.1, 0.15) is 0 Å². The second-order valence-corrected chi connectivity index (χ2v) is 4.90. The lowest BCUT2D eigenvalue weighted by Crippen LogP contribution is -2.40. The smallest absolute Gasteiger partial charge is 0.268 e. The molecule has 10 nitrogen and oxygen atoms in total. The molecular formula is C16H12N4O6. The second kappa shape index (κ2) is 8.15. The van der Waals surface area contributed by atoms with Crippen molar-refractivity contribution in [1.82, 2.24) is 10.9 Å². The molecule has 2 N–H and O–H groups in total. The van der Waals surface area contributed by atoms with E-state index in [9.17, 15) is 29.8 Å². The van der Waals surface area contributed by atoms with Crippen molar-refractivity contribution >= 4 is 29.3 Å². The summed E-state index contributed by atoms with van der Waals surface area (Å²) in [5, 5.41) is 21.4. The van der Waals surface area contributed by atoms with Crippen molar-refractivity contribution < 1.29 is 19.4 Å². The number of benzene rings is 2. The molecule has 0 unspecified atom stereocenters. The Hall–Kier alpha value is -4.08. The van der Waals surface area contributed by atoms with Crippen LogP contribution in [0.1, 0.15) is 15.9 Å². The lowest BCUT2D eigenvalue weighted by Gasteiger charge is -2.05. The summed E-state index contributed by atoms with van der Waals surface area (Å²) in [6, 6.07) is 10.6. The van der Waals surface area contributed by atoms with Crippen LogP contribution in [0.4, 0.5) is 11.4 Å². The molecule has 0 bridgehead atoms. The van der Waals surface area contributed by atoms with Crippen molar-refractivity contribution in [2.24, 2.45) is 0 Å². The lowest BCUT2D eigenvalue weighted by molar-refractivity contribution is -0.385. The maximum Gasteiger partial charge on any atom is 0.276 e. The number of nitrogens with zero attached hydrogens (tertiary/aromatic N) is 2. The van der Waals surface area contributed by atoms with Gasteiger partial charge in [0, 0.05) is 29.8 Å². The van der Waals surface area contributed by atoms with Crippen molar-refractivity contribution in [2.45, 2.75) is 0 Å². The van der Waals surface area contributed by atoms with E-state index in [1.807, 2.05) is 0 Å². The topological polar surface area (TPSA) is 144 Å². The molecule has 2 rings (SSSR count). The van der Waals surface area contributed by atoms with Crippen LogP contribution in [-0.4, -0.2) is 21.7 Å². The fourth-order valence-electron chi connectivity index (χ4n) is 1.93. The Morgan fingerprint density at radius 2 is 1.54 bits per heavy atom. The minimum atomic E-state index is -0.710. The number of hydrogen-bond donors (Lipinski definition) is 2. The number of nitrogens with one attached hydrogen (secondary N) is 2. The molecule has 132 valence electrons. The van der Waals surface area contributed by atoms with Gasteiger partial charge in [-0.1, -0.05) is 12.1 Å². The largest absolute Gasteiger partial charge is 0.276 e. The van der Waals surface area contributed by atoms with Gasteiger partial charge in [-0.25, -0.2) is 0 Å². The molecule has 0 aromatic heterocycles. The Kier molecular flexibility index (Phi) is 5.72. The van der Waals surface area contributed by atoms with Crippen LogP contribution in [0.15, 0.2) is 54.6 Å². The molecule has 0 fully saturated rings. The summed E-state index contributed by atoms with van der Waals surface area (Å²) in [7, 11) is 0. The van der Waals surface area contributed by atoms with Crippen LogP contribution in [0.2, 0.25) is 0 Å². The first-order valence-corrected chi connectivity index (χ1v) is 7.15. The van der Waals surface area contributed by atoms with Crippen LogP contribution in [0.5, 0.6) is 0 Å². The van der Waals surface area contributed by atoms with Gasteiger partial charge in [0.2, 0.25) is 0 Å². The van der Waals surface area contributed by atoms with Gasteiger partial charge < -0.3 is 0 Å². The summed E-state index contributed by atoms with van der Waals surface area (Å²) < 4.78 is 0. The zero-order valence-corrected chi connectivity index (χ0v) is 13.1. The van der Waals surface area contributed by atoms with Crippen LogP contribution in [0.3, 0.4) is 0 Å². The van der Waals surface area contributed by atoms with E-state index in [-0.39, 0.29) is 22.5 Å². The summed E-state index contributed by atoms with van der Waals surface area (Å²) in [6.45, 7) is 0. The van der Waals surface area contributed by atoms with Crippen molar-refractivity contribution in [1.29, 1.82) is 0 Å². The van der Waals surface area contributed by atoms with Gasteiger partial charge in [0.15, 0.2) is 0 Å². The minimum absolute atomic E-state index is 0.110. The zero-order chi connectivity index (χ0) is 19.1. The molecule has 0 aliphatic carbocycles. The van der Waals surface area contributed by atoms with Crippen LogP contribution >= 0.6 is 0 Å². The number of hydrazine groups is 1. The SMILES string of the molecule is O=C(C=Cc1ccccc1[N+](=O)[O-])NNC(=O)c1ccc([N+](=O)[O-])cc1. The van der Waals surface area contributed by atoms with E-state index in [2.05, 4.69) is 10.9 Å². The highest BCUT2D eigenvalue weighted by molar-refractivity contribution is 5.98. The number of carbonyl (C=O) groups excluding carboxylic acids is 2. The molecule has 2 amide bonds. The molecule has 26 heavy (non-hydrogen) atoms. The van der Waals surface area contributed by atoms with Gasteiger partial charge in [-0.3, -0.25) is 40.7 Å². The molecule has 2 aromatic carbocycles. The number of hydrogen-bond acceptors (Lipinski definition) is 6. The third kappa shape index (κ3) is 4.71. The summed E-state index contributed by atoms with van der Waals surface area (Å²) >= 11 is 0. The molecule has 0 saturated carbocycles. The van der Waals surface area contributed by atoms with E-state index in [1.165, 1.54) is 36.4 Å². The Balaban J connectivity index is 1.95. The third-order valence-electron chi connectivity index (χ3n) is 3.19. The Morgan fingerprint density at radius 3 is 2.15 bits per heavy atom. The first kappa shape index (κ1) is 18.3. The van der Waals surface area contributed by atoms with Crippen molar-refractivity contribution in [3.63, 3.8) is 0 Å². The maximum atomic E-state index is 11.8. The van der Waals surface area contributed by atoms with E-state index >= 15 is 0 Å². The predicted octanol–water partition coefficient (Wildman–Crippen LogP) is 1.98. The number of para-hydroxylation sites is 1. The highest BCUT2D eigenvalue weighted by Crippen LogP contribution is 2.18. The number of nitro groups is 2. The van der Waals surface area contributed by atoms with Crippen molar-refractivity contribution in [3.05, 3.63) is 86.0 Å². The Morgan fingerprint density at radius 1 is 0.885 bits per heavy atom. The number of nitro benzene ring substituents is 2. The van der Waals surface area contributed by atoms with Gasteiger partial charge in [-0.15, -0.1) is 0 Å². The monoisotopic (exact) mass is 356 g/mol. The molecule has 10 heteroatoms. The minimum Gasteiger partial charge on any atom is -0.268 e. The highest BCUT2D eigenvalue weighted by Gasteiger charge is 2.11. The summed E-state index contributed by atoms with van der Waals surface area (Å²) in [6.07, 6.45) is 2.27. The summed E-state index contributed by atoms with van der Waals surface area (Å²) in [5.41, 5.74) is 4.25. The van der Waals surface area contributed by atoms with Crippen LogP contribution in [-0.2, 0) is 4.79 Å². The summed E-state index contributed by atoms with van der Waals surface area (Å²) in [4.78, 5) is 43.8. The van der Waals surface area contributed by atoms with Gasteiger partial charge in [-0.2, -0.15) is 0 Å². The van der Waals surface area contributed by atoms with Crippen LogP contribution < -0.4 is 10.9 Å². The number of amides is 2.